The third-order valence-corrected chi connectivity index (χ3v) is 3.90. The molecule has 0 aliphatic rings. The van der Waals surface area contributed by atoms with Gasteiger partial charge in [-0.05, 0) is 29.8 Å². The molecule has 3 nitrogen and oxygen atoms in total. The van der Waals surface area contributed by atoms with Crippen LogP contribution in [0.15, 0.2) is 64.2 Å². The highest BCUT2D eigenvalue weighted by molar-refractivity contribution is 9.10. The maximum Gasteiger partial charge on any atom is 0.226 e. The zero-order valence-electron chi connectivity index (χ0n) is 10.8. The maximum absolute atomic E-state index is 5.84. The first-order chi connectivity index (χ1) is 9.74. The van der Waals surface area contributed by atoms with Crippen molar-refractivity contribution in [2.75, 3.05) is 0 Å². The van der Waals surface area contributed by atoms with Gasteiger partial charge in [0.25, 0.3) is 0 Å². The smallest absolute Gasteiger partial charge is 0.226 e. The number of nitrogens with one attached hydrogen (secondary N) is 1. The highest BCUT2D eigenvalue weighted by Gasteiger charge is 1.99. The molecule has 0 unspecified atom stereocenters. The average molecular weight is 349 g/mol. The summed E-state index contributed by atoms with van der Waals surface area (Å²) in [6, 6.07) is 18.1. The van der Waals surface area contributed by atoms with Crippen molar-refractivity contribution in [3.8, 4) is 0 Å². The molecule has 3 N–H and O–H groups in total. The standard InChI is InChI=1S/C15H14BrN3S/c16-14-8-6-13(7-9-14)11-20-15(17)19-18-10-12-4-2-1-3-5-12/h1-10H,11H2,(H2,17,19)/p+1. The third kappa shape index (κ3) is 5.19. The van der Waals surface area contributed by atoms with E-state index in [9.17, 15) is 0 Å². The Morgan fingerprint density at radius 1 is 1.15 bits per heavy atom. The van der Waals surface area contributed by atoms with E-state index in [2.05, 4.69) is 38.3 Å². The number of rotatable bonds is 4. The highest BCUT2D eigenvalue weighted by atomic mass is 79.9. The number of amidine groups is 1. The van der Waals surface area contributed by atoms with Gasteiger partial charge in [-0.2, -0.15) is 0 Å². The second-order valence-electron chi connectivity index (χ2n) is 4.05. The molecule has 0 saturated heterocycles. The number of hydrogen-bond acceptors (Lipinski definition) is 2. The Hall–Kier alpha value is -1.59. The topological polar surface area (TPSA) is 52.3 Å². The zero-order chi connectivity index (χ0) is 14.2. The van der Waals surface area contributed by atoms with Crippen molar-refractivity contribution in [1.82, 2.24) is 0 Å². The van der Waals surface area contributed by atoms with Crippen LogP contribution in [0.25, 0.3) is 0 Å². The molecule has 0 amide bonds. The van der Waals surface area contributed by atoms with E-state index in [0.29, 0.717) is 5.17 Å². The molecule has 2 aromatic carbocycles. The van der Waals surface area contributed by atoms with Gasteiger partial charge < -0.3 is 5.73 Å². The Labute approximate surface area is 131 Å². The van der Waals surface area contributed by atoms with E-state index in [-0.39, 0.29) is 0 Å². The first kappa shape index (κ1) is 14.8. The second-order valence-corrected chi connectivity index (χ2v) is 5.96. The largest absolute Gasteiger partial charge is 0.373 e. The van der Waals surface area contributed by atoms with Crippen molar-refractivity contribution in [3.63, 3.8) is 0 Å². The lowest BCUT2D eigenvalue weighted by Crippen LogP contribution is -2.62. The molecule has 0 radical (unpaired) electrons. The van der Waals surface area contributed by atoms with Crippen LogP contribution < -0.4 is 10.8 Å². The van der Waals surface area contributed by atoms with Crippen LogP contribution in [0.4, 0.5) is 0 Å². The Balaban J connectivity index is 1.85. The summed E-state index contributed by atoms with van der Waals surface area (Å²) in [5.41, 5.74) is 8.11. The monoisotopic (exact) mass is 348 g/mol. The Bertz CT molecular complexity index is 594. The van der Waals surface area contributed by atoms with Crippen molar-refractivity contribution in [1.29, 1.82) is 0 Å². The summed E-state index contributed by atoms with van der Waals surface area (Å²) in [4.78, 5) is 0. The number of benzene rings is 2. The molecule has 0 aliphatic carbocycles. The predicted molar refractivity (Wildman–Crippen MR) is 89.6 cm³/mol. The molecular weight excluding hydrogens is 334 g/mol. The Kier molecular flexibility index (Phi) is 5.83. The van der Waals surface area contributed by atoms with Gasteiger partial charge in [-0.25, -0.2) is 0 Å². The summed E-state index contributed by atoms with van der Waals surface area (Å²) in [6.45, 7) is 0. The molecule has 0 spiro atoms. The van der Waals surface area contributed by atoms with E-state index in [1.165, 1.54) is 17.3 Å². The molecule has 0 saturated carbocycles. The fraction of sp³-hybridized carbons (Fsp3) is 0.0667. The SMILES string of the molecule is NC(=N[NH+]=Cc1ccccc1)SCc1ccc(Br)cc1. The predicted octanol–water partition coefficient (Wildman–Crippen LogP) is 2.11. The van der Waals surface area contributed by atoms with Crippen molar-refractivity contribution in [2.24, 2.45) is 10.8 Å². The summed E-state index contributed by atoms with van der Waals surface area (Å²) in [7, 11) is 0. The molecule has 20 heavy (non-hydrogen) atoms. The van der Waals surface area contributed by atoms with E-state index in [0.717, 1.165) is 15.8 Å². The van der Waals surface area contributed by atoms with Gasteiger partial charge >= 0.3 is 0 Å². The molecule has 0 aromatic heterocycles. The van der Waals surface area contributed by atoms with Gasteiger partial charge in [0.05, 0.1) is 0 Å². The summed E-state index contributed by atoms with van der Waals surface area (Å²) in [5.74, 6) is 0.801. The number of thioether (sulfide) groups is 1. The summed E-state index contributed by atoms with van der Waals surface area (Å²) in [5, 5.41) is 7.47. The van der Waals surface area contributed by atoms with Crippen LogP contribution in [-0.4, -0.2) is 11.4 Å². The van der Waals surface area contributed by atoms with Crippen molar-refractivity contribution >= 4 is 39.1 Å². The van der Waals surface area contributed by atoms with Crippen LogP contribution in [-0.2, 0) is 5.75 Å². The maximum atomic E-state index is 5.84. The third-order valence-electron chi connectivity index (χ3n) is 2.51. The van der Waals surface area contributed by atoms with Gasteiger partial charge in [0.1, 0.15) is 0 Å². The highest BCUT2D eigenvalue weighted by Crippen LogP contribution is 2.15. The van der Waals surface area contributed by atoms with Crippen LogP contribution in [0.5, 0.6) is 0 Å². The molecular formula is C15H15BrN3S+. The van der Waals surface area contributed by atoms with Crippen LogP contribution in [0.2, 0.25) is 0 Å². The van der Waals surface area contributed by atoms with Gasteiger partial charge in [-0.1, -0.05) is 58.0 Å². The quantitative estimate of drug-likeness (QED) is 0.505. The van der Waals surface area contributed by atoms with Crippen molar-refractivity contribution < 1.29 is 5.10 Å². The van der Waals surface area contributed by atoms with Crippen LogP contribution >= 0.6 is 27.7 Å². The van der Waals surface area contributed by atoms with E-state index < -0.39 is 0 Å². The normalized spacial score (nSPS) is 11.9. The number of nitrogens with two attached hydrogens (primary N) is 1. The van der Waals surface area contributed by atoms with E-state index in [1.807, 2.05) is 48.7 Å². The molecule has 5 heteroatoms. The number of hydrazone groups is 1. The summed E-state index contributed by atoms with van der Waals surface area (Å²) >= 11 is 4.91. The van der Waals surface area contributed by atoms with Gasteiger partial charge in [0, 0.05) is 20.9 Å². The van der Waals surface area contributed by atoms with Crippen LogP contribution in [0.1, 0.15) is 11.1 Å². The van der Waals surface area contributed by atoms with Crippen molar-refractivity contribution in [3.05, 3.63) is 70.2 Å². The lowest BCUT2D eigenvalue weighted by molar-refractivity contribution is -0.456. The number of hydrogen-bond donors (Lipinski definition) is 2. The molecule has 0 heterocycles. The molecule has 2 aromatic rings. The molecule has 2 rings (SSSR count). The minimum absolute atomic E-state index is 0.514. The van der Waals surface area contributed by atoms with E-state index in [4.69, 9.17) is 5.73 Å². The number of halogens is 1. The zero-order valence-corrected chi connectivity index (χ0v) is 13.2. The van der Waals surface area contributed by atoms with Gasteiger partial charge in [0.2, 0.25) is 11.4 Å². The molecule has 0 fully saturated rings. The fourth-order valence-corrected chi connectivity index (χ4v) is 2.38. The average Bonchev–Trinajstić information content (AvgIpc) is 2.48. The van der Waals surface area contributed by atoms with E-state index >= 15 is 0 Å². The van der Waals surface area contributed by atoms with Crippen LogP contribution in [0, 0.1) is 0 Å². The second kappa shape index (κ2) is 7.87. The first-order valence-electron chi connectivity index (χ1n) is 6.08. The summed E-state index contributed by atoms with van der Waals surface area (Å²) in [6.07, 6.45) is 1.81. The Morgan fingerprint density at radius 3 is 2.55 bits per heavy atom. The van der Waals surface area contributed by atoms with Gasteiger partial charge in [-0.15, -0.1) is 5.10 Å². The molecule has 102 valence electrons. The molecule has 0 bridgehead atoms. The fourth-order valence-electron chi connectivity index (χ4n) is 1.49. The van der Waals surface area contributed by atoms with Gasteiger partial charge in [-0.3, -0.25) is 0 Å². The Morgan fingerprint density at radius 2 is 1.85 bits per heavy atom. The van der Waals surface area contributed by atoms with E-state index in [1.54, 1.807) is 0 Å². The molecule has 0 atom stereocenters. The molecule has 0 aliphatic heterocycles. The lowest BCUT2D eigenvalue weighted by Gasteiger charge is -1.99. The lowest BCUT2D eigenvalue weighted by atomic mass is 10.2. The van der Waals surface area contributed by atoms with Crippen LogP contribution in [0.3, 0.4) is 0 Å². The minimum atomic E-state index is 0.514. The first-order valence-corrected chi connectivity index (χ1v) is 7.86. The van der Waals surface area contributed by atoms with Gasteiger partial charge in [0.15, 0.2) is 0 Å². The van der Waals surface area contributed by atoms with Crippen molar-refractivity contribution in [2.45, 2.75) is 5.75 Å². The minimum Gasteiger partial charge on any atom is -0.373 e. The number of nitrogens with zero attached hydrogens (tertiary/aromatic N) is 1. The summed E-state index contributed by atoms with van der Waals surface area (Å²) < 4.78 is 1.08.